The van der Waals surface area contributed by atoms with Gasteiger partial charge in [-0.25, -0.2) is 4.79 Å². The Morgan fingerprint density at radius 3 is 2.56 bits per heavy atom. The number of carbonyl (C=O) groups excluding carboxylic acids is 2. The predicted octanol–water partition coefficient (Wildman–Crippen LogP) is 4.01. The molecule has 130 valence electrons. The number of esters is 1. The number of rotatable bonds is 5. The monoisotopic (exact) mass is 382 g/mol. The van der Waals surface area contributed by atoms with Crippen LogP contribution in [0.15, 0.2) is 36.4 Å². The molecule has 0 atom stereocenters. The van der Waals surface area contributed by atoms with Gasteiger partial charge in [-0.15, -0.1) is 0 Å². The zero-order chi connectivity index (χ0) is 18.6. The number of anilines is 1. The lowest BCUT2D eigenvalue weighted by Crippen LogP contribution is -2.21. The lowest BCUT2D eigenvalue weighted by Gasteiger charge is -2.08. The van der Waals surface area contributed by atoms with E-state index in [1.165, 1.54) is 24.3 Å². The molecule has 1 N–H and O–H groups in total. The van der Waals surface area contributed by atoms with Crippen LogP contribution in [0.25, 0.3) is 0 Å². The highest BCUT2D eigenvalue weighted by Crippen LogP contribution is 2.25. The number of aryl methyl sites for hydroxylation is 1. The Kier molecular flexibility index (Phi) is 5.95. The number of ether oxygens (including phenoxy) is 1. The molecule has 2 aromatic rings. The number of nitrogens with one attached hydrogen (secondary N) is 1. The average Bonchev–Trinajstić information content (AvgIpc) is 2.55. The SMILES string of the molecule is Cc1ccc(C(=O)OCC(=O)Nc2ccc(Cl)cc2Cl)cc1[N+](=O)[O-]. The van der Waals surface area contributed by atoms with Crippen LogP contribution in [0.2, 0.25) is 10.0 Å². The number of hydrogen-bond donors (Lipinski definition) is 1. The summed E-state index contributed by atoms with van der Waals surface area (Å²) >= 11 is 11.7. The Labute approximate surface area is 152 Å². The lowest BCUT2D eigenvalue weighted by atomic mass is 10.1. The normalized spacial score (nSPS) is 10.2. The Balaban J connectivity index is 1.98. The van der Waals surface area contributed by atoms with Gasteiger partial charge < -0.3 is 10.1 Å². The van der Waals surface area contributed by atoms with E-state index in [0.717, 1.165) is 6.07 Å². The van der Waals surface area contributed by atoms with Crippen molar-refractivity contribution in [3.63, 3.8) is 0 Å². The molecule has 0 heterocycles. The standard InChI is InChI=1S/C16H12Cl2N2O5/c1-9-2-3-10(6-14(9)20(23)24)16(22)25-8-15(21)19-13-5-4-11(17)7-12(13)18/h2-7H,8H2,1H3,(H,19,21). The number of carbonyl (C=O) groups is 2. The summed E-state index contributed by atoms with van der Waals surface area (Å²) in [5.41, 5.74) is 0.510. The number of amides is 1. The molecule has 0 aliphatic heterocycles. The largest absolute Gasteiger partial charge is 0.452 e. The molecule has 0 aliphatic rings. The molecule has 0 saturated heterocycles. The fourth-order valence-electron chi connectivity index (χ4n) is 1.92. The number of hydrogen-bond acceptors (Lipinski definition) is 5. The van der Waals surface area contributed by atoms with Crippen molar-refractivity contribution in [2.75, 3.05) is 11.9 Å². The second-order valence-electron chi connectivity index (χ2n) is 5.01. The second-order valence-corrected chi connectivity index (χ2v) is 5.85. The van der Waals surface area contributed by atoms with Crippen molar-refractivity contribution in [2.24, 2.45) is 0 Å². The van der Waals surface area contributed by atoms with Crippen molar-refractivity contribution < 1.29 is 19.2 Å². The van der Waals surface area contributed by atoms with Crippen LogP contribution >= 0.6 is 23.2 Å². The van der Waals surface area contributed by atoms with Crippen LogP contribution in [0, 0.1) is 17.0 Å². The van der Waals surface area contributed by atoms with E-state index < -0.39 is 23.4 Å². The van der Waals surface area contributed by atoms with E-state index in [0.29, 0.717) is 16.3 Å². The van der Waals surface area contributed by atoms with Crippen molar-refractivity contribution in [3.05, 3.63) is 67.7 Å². The predicted molar refractivity (Wildman–Crippen MR) is 93.2 cm³/mol. The maximum atomic E-state index is 11.9. The fraction of sp³-hybridized carbons (Fsp3) is 0.125. The number of benzene rings is 2. The average molecular weight is 383 g/mol. The van der Waals surface area contributed by atoms with Crippen molar-refractivity contribution in [3.8, 4) is 0 Å². The van der Waals surface area contributed by atoms with Gasteiger partial charge in [-0.2, -0.15) is 0 Å². The zero-order valence-electron chi connectivity index (χ0n) is 12.9. The summed E-state index contributed by atoms with van der Waals surface area (Å²) in [6, 6.07) is 8.43. The Morgan fingerprint density at radius 1 is 1.20 bits per heavy atom. The van der Waals surface area contributed by atoms with E-state index in [1.807, 2.05) is 0 Å². The minimum absolute atomic E-state index is 0.0189. The van der Waals surface area contributed by atoms with E-state index in [1.54, 1.807) is 13.0 Å². The number of nitro groups is 1. The molecule has 0 unspecified atom stereocenters. The van der Waals surface area contributed by atoms with Gasteiger partial charge in [0.2, 0.25) is 0 Å². The van der Waals surface area contributed by atoms with Gasteiger partial charge in [0.1, 0.15) is 0 Å². The van der Waals surface area contributed by atoms with Gasteiger partial charge in [0.15, 0.2) is 6.61 Å². The third kappa shape index (κ3) is 4.91. The van der Waals surface area contributed by atoms with Crippen LogP contribution in [0.3, 0.4) is 0 Å². The zero-order valence-corrected chi connectivity index (χ0v) is 14.4. The van der Waals surface area contributed by atoms with Crippen LogP contribution < -0.4 is 5.32 Å². The summed E-state index contributed by atoms with van der Waals surface area (Å²) in [5.74, 6) is -1.46. The molecule has 0 aliphatic carbocycles. The summed E-state index contributed by atoms with van der Waals surface area (Å²) < 4.78 is 4.86. The molecule has 7 nitrogen and oxygen atoms in total. The molecule has 9 heteroatoms. The van der Waals surface area contributed by atoms with Crippen molar-refractivity contribution >= 4 is 46.5 Å². The summed E-state index contributed by atoms with van der Waals surface area (Å²) in [6.07, 6.45) is 0. The van der Waals surface area contributed by atoms with Crippen LogP contribution in [-0.2, 0) is 9.53 Å². The van der Waals surface area contributed by atoms with Crippen molar-refractivity contribution in [1.82, 2.24) is 0 Å². The first-order chi connectivity index (χ1) is 11.8. The molecule has 25 heavy (non-hydrogen) atoms. The van der Waals surface area contributed by atoms with Gasteiger partial charge in [-0.1, -0.05) is 29.3 Å². The van der Waals surface area contributed by atoms with E-state index in [9.17, 15) is 19.7 Å². The fourth-order valence-corrected chi connectivity index (χ4v) is 2.38. The Bertz CT molecular complexity index is 854. The highest BCUT2D eigenvalue weighted by molar-refractivity contribution is 6.36. The van der Waals surface area contributed by atoms with Gasteiger partial charge in [-0.3, -0.25) is 14.9 Å². The minimum atomic E-state index is -0.847. The van der Waals surface area contributed by atoms with Gasteiger partial charge in [0, 0.05) is 16.7 Å². The molecule has 1 amide bonds. The number of nitrogens with zero attached hydrogens (tertiary/aromatic N) is 1. The van der Waals surface area contributed by atoms with Gasteiger partial charge >= 0.3 is 5.97 Å². The van der Waals surface area contributed by atoms with E-state index >= 15 is 0 Å². The Hall–Kier alpha value is -2.64. The smallest absolute Gasteiger partial charge is 0.338 e. The van der Waals surface area contributed by atoms with Crippen molar-refractivity contribution in [1.29, 1.82) is 0 Å². The highest BCUT2D eigenvalue weighted by atomic mass is 35.5. The quantitative estimate of drug-likeness (QED) is 0.478. The molecule has 0 fully saturated rings. The third-order valence-electron chi connectivity index (χ3n) is 3.18. The molecule has 0 spiro atoms. The molecule has 2 rings (SSSR count). The number of nitro benzene ring substituents is 1. The van der Waals surface area contributed by atoms with Gasteiger partial charge in [0.25, 0.3) is 11.6 Å². The minimum Gasteiger partial charge on any atom is -0.452 e. The first kappa shape index (κ1) is 18.7. The molecule has 0 saturated carbocycles. The van der Waals surface area contributed by atoms with Gasteiger partial charge in [-0.05, 0) is 31.2 Å². The second kappa shape index (κ2) is 7.96. The maximum Gasteiger partial charge on any atom is 0.338 e. The first-order valence-electron chi connectivity index (χ1n) is 6.95. The first-order valence-corrected chi connectivity index (χ1v) is 7.70. The van der Waals surface area contributed by atoms with E-state index in [4.69, 9.17) is 27.9 Å². The van der Waals surface area contributed by atoms with E-state index in [2.05, 4.69) is 5.32 Å². The van der Waals surface area contributed by atoms with E-state index in [-0.39, 0.29) is 16.3 Å². The molecular weight excluding hydrogens is 371 g/mol. The Morgan fingerprint density at radius 2 is 1.92 bits per heavy atom. The molecule has 0 radical (unpaired) electrons. The maximum absolute atomic E-state index is 11.9. The van der Waals surface area contributed by atoms with Crippen molar-refractivity contribution in [2.45, 2.75) is 6.92 Å². The molecule has 0 bridgehead atoms. The van der Waals surface area contributed by atoms with Gasteiger partial charge in [0.05, 0.1) is 21.2 Å². The lowest BCUT2D eigenvalue weighted by molar-refractivity contribution is -0.385. The van der Waals surface area contributed by atoms with Crippen LogP contribution in [0.1, 0.15) is 15.9 Å². The molecule has 2 aromatic carbocycles. The molecule has 0 aromatic heterocycles. The highest BCUT2D eigenvalue weighted by Gasteiger charge is 2.17. The van der Waals surface area contributed by atoms with Crippen LogP contribution in [0.4, 0.5) is 11.4 Å². The third-order valence-corrected chi connectivity index (χ3v) is 3.73. The summed E-state index contributed by atoms with van der Waals surface area (Å²) in [7, 11) is 0. The summed E-state index contributed by atoms with van der Waals surface area (Å²) in [5, 5.41) is 14.0. The van der Waals surface area contributed by atoms with Crippen LogP contribution in [-0.4, -0.2) is 23.4 Å². The summed E-state index contributed by atoms with van der Waals surface area (Å²) in [4.78, 5) is 34.1. The van der Waals surface area contributed by atoms with Crippen LogP contribution in [0.5, 0.6) is 0 Å². The number of halogens is 2. The summed E-state index contributed by atoms with van der Waals surface area (Å²) in [6.45, 7) is 0.982. The molecular formula is C16H12Cl2N2O5. The topological polar surface area (TPSA) is 98.5 Å².